The fourth-order valence-corrected chi connectivity index (χ4v) is 3.34. The van der Waals surface area contributed by atoms with Crippen molar-refractivity contribution < 1.29 is 4.74 Å². The number of benzene rings is 2. The topological polar surface area (TPSA) is 72.5 Å². The molecule has 0 saturated carbocycles. The second kappa shape index (κ2) is 11.2. The van der Waals surface area contributed by atoms with Crippen LogP contribution in [-0.4, -0.2) is 23.6 Å². The Morgan fingerprint density at radius 3 is 2.41 bits per heavy atom. The Hall–Kier alpha value is -2.13. The Morgan fingerprint density at radius 2 is 1.83 bits per heavy atom. The average molecular weight is 522 g/mol. The van der Waals surface area contributed by atoms with Crippen molar-refractivity contribution in [1.29, 1.82) is 0 Å². The van der Waals surface area contributed by atoms with E-state index in [1.807, 2.05) is 45.0 Å². The van der Waals surface area contributed by atoms with Gasteiger partial charge in [-0.25, -0.2) is 4.98 Å². The molecule has 1 heterocycles. The fourth-order valence-electron chi connectivity index (χ4n) is 2.72. The fraction of sp³-hybridized carbons (Fsp3) is 0.273. The van der Waals surface area contributed by atoms with E-state index in [4.69, 9.17) is 10.5 Å². The molecule has 0 aliphatic rings. The molecular weight excluding hydrogens is 495 g/mol. The summed E-state index contributed by atoms with van der Waals surface area (Å²) < 4.78 is 5.63. The van der Waals surface area contributed by atoms with Crippen LogP contribution in [0.25, 0.3) is 11.3 Å². The van der Waals surface area contributed by atoms with Crippen LogP contribution in [0.4, 0.5) is 5.69 Å². The van der Waals surface area contributed by atoms with Crippen molar-refractivity contribution in [3.63, 3.8) is 0 Å². The van der Waals surface area contributed by atoms with Gasteiger partial charge in [-0.2, -0.15) is 0 Å². The monoisotopic (exact) mass is 522 g/mol. The number of nitrogens with zero attached hydrogens (tertiary/aromatic N) is 2. The Kier molecular flexibility index (Phi) is 8.91. The highest BCUT2D eigenvalue weighted by molar-refractivity contribution is 14.0. The molecule has 29 heavy (non-hydrogen) atoms. The zero-order valence-corrected chi connectivity index (χ0v) is 20.0. The van der Waals surface area contributed by atoms with Crippen LogP contribution in [-0.2, 0) is 6.42 Å². The lowest BCUT2D eigenvalue weighted by molar-refractivity contribution is 0.242. The van der Waals surface area contributed by atoms with Crippen LogP contribution < -0.4 is 15.8 Å². The van der Waals surface area contributed by atoms with E-state index in [1.54, 1.807) is 11.3 Å². The third-order valence-electron chi connectivity index (χ3n) is 4.05. The summed E-state index contributed by atoms with van der Waals surface area (Å²) in [5.74, 6) is 1.25. The van der Waals surface area contributed by atoms with E-state index in [9.17, 15) is 0 Å². The Labute approximate surface area is 193 Å². The minimum absolute atomic E-state index is 0. The molecule has 0 unspecified atom stereocenters. The highest BCUT2D eigenvalue weighted by Gasteiger charge is 2.03. The van der Waals surface area contributed by atoms with Crippen LogP contribution in [0.15, 0.2) is 58.9 Å². The Balaban J connectivity index is 0.00000300. The van der Waals surface area contributed by atoms with Crippen molar-refractivity contribution in [2.24, 2.45) is 10.7 Å². The molecule has 0 amide bonds. The van der Waals surface area contributed by atoms with Gasteiger partial charge < -0.3 is 15.8 Å². The van der Waals surface area contributed by atoms with Gasteiger partial charge in [0, 0.05) is 23.2 Å². The second-order valence-corrected chi connectivity index (χ2v) is 7.84. The van der Waals surface area contributed by atoms with Crippen molar-refractivity contribution in [1.82, 2.24) is 4.98 Å². The van der Waals surface area contributed by atoms with Crippen molar-refractivity contribution >= 4 is 47.0 Å². The lowest BCUT2D eigenvalue weighted by atomic mass is 10.1. The second-order valence-electron chi connectivity index (χ2n) is 6.78. The number of hydrogen-bond donors (Lipinski definition) is 2. The molecular formula is C22H27IN4OS. The average Bonchev–Trinajstić information content (AvgIpc) is 3.10. The van der Waals surface area contributed by atoms with Crippen LogP contribution in [0.5, 0.6) is 5.75 Å². The molecule has 2 aromatic carbocycles. The van der Waals surface area contributed by atoms with Crippen molar-refractivity contribution in [3.05, 3.63) is 64.5 Å². The van der Waals surface area contributed by atoms with E-state index in [0.717, 1.165) is 34.1 Å². The quantitative estimate of drug-likeness (QED) is 0.245. The Bertz CT molecular complexity index is 921. The number of guanidine groups is 1. The van der Waals surface area contributed by atoms with Gasteiger partial charge in [-0.15, -0.1) is 35.3 Å². The van der Waals surface area contributed by atoms with E-state index in [2.05, 4.69) is 44.9 Å². The van der Waals surface area contributed by atoms with Gasteiger partial charge >= 0.3 is 0 Å². The van der Waals surface area contributed by atoms with Gasteiger partial charge in [-0.05, 0) is 57.0 Å². The summed E-state index contributed by atoms with van der Waals surface area (Å²) in [6.07, 6.45) is 0.991. The van der Waals surface area contributed by atoms with Gasteiger partial charge in [0.2, 0.25) is 0 Å². The predicted octanol–water partition coefficient (Wildman–Crippen LogP) is 5.49. The largest absolute Gasteiger partial charge is 0.491 e. The molecule has 0 bridgehead atoms. The van der Waals surface area contributed by atoms with E-state index in [-0.39, 0.29) is 30.1 Å². The van der Waals surface area contributed by atoms with Crippen molar-refractivity contribution in [2.45, 2.75) is 33.3 Å². The van der Waals surface area contributed by atoms with Crippen LogP contribution >= 0.6 is 35.3 Å². The van der Waals surface area contributed by atoms with Gasteiger partial charge in [0.05, 0.1) is 16.8 Å². The maximum Gasteiger partial charge on any atom is 0.193 e. The predicted molar refractivity (Wildman–Crippen MR) is 134 cm³/mol. The highest BCUT2D eigenvalue weighted by Crippen LogP contribution is 2.22. The minimum atomic E-state index is 0. The first-order valence-corrected chi connectivity index (χ1v) is 10.2. The van der Waals surface area contributed by atoms with E-state index < -0.39 is 0 Å². The first-order chi connectivity index (χ1) is 13.5. The summed E-state index contributed by atoms with van der Waals surface area (Å²) in [5, 5.41) is 6.27. The number of nitrogens with one attached hydrogen (secondary N) is 1. The number of ether oxygens (including phenoxy) is 1. The summed E-state index contributed by atoms with van der Waals surface area (Å²) in [7, 11) is 0. The van der Waals surface area contributed by atoms with Crippen molar-refractivity contribution in [2.75, 3.05) is 11.9 Å². The normalized spacial score (nSPS) is 11.2. The number of thiazole rings is 1. The van der Waals surface area contributed by atoms with Crippen LogP contribution in [0, 0.1) is 6.92 Å². The standard InChI is InChI=1S/C22H26N4OS.HI/c1-15(2)27-20-10-8-19(9-11-20)26-22(23)24-13-12-17-4-6-18(7-5-17)21-14-28-16(3)25-21;/h4-11,14-15H,12-13H2,1-3H3,(H3,23,24,26);1H. The zero-order chi connectivity index (χ0) is 19.9. The summed E-state index contributed by atoms with van der Waals surface area (Å²) >= 11 is 1.67. The number of anilines is 1. The zero-order valence-electron chi connectivity index (χ0n) is 16.9. The van der Waals surface area contributed by atoms with Crippen LogP contribution in [0.1, 0.15) is 24.4 Å². The molecule has 5 nitrogen and oxygen atoms in total. The third-order valence-corrected chi connectivity index (χ3v) is 4.82. The van der Waals surface area contributed by atoms with Gasteiger partial charge in [-0.3, -0.25) is 4.99 Å². The number of aryl methyl sites for hydroxylation is 1. The first-order valence-electron chi connectivity index (χ1n) is 9.35. The lowest BCUT2D eigenvalue weighted by Gasteiger charge is -2.11. The molecule has 0 aliphatic carbocycles. The lowest BCUT2D eigenvalue weighted by Crippen LogP contribution is -2.23. The summed E-state index contributed by atoms with van der Waals surface area (Å²) in [6.45, 7) is 6.66. The molecule has 0 aliphatic heterocycles. The number of halogens is 1. The number of rotatable bonds is 7. The smallest absolute Gasteiger partial charge is 0.193 e. The maximum absolute atomic E-state index is 5.99. The molecule has 3 rings (SSSR count). The molecule has 3 N–H and O–H groups in total. The summed E-state index contributed by atoms with van der Waals surface area (Å²) in [6, 6.07) is 16.2. The maximum atomic E-state index is 5.99. The molecule has 0 fully saturated rings. The van der Waals surface area contributed by atoms with Crippen molar-refractivity contribution in [3.8, 4) is 17.0 Å². The van der Waals surface area contributed by atoms with Gasteiger partial charge in [0.25, 0.3) is 0 Å². The van der Waals surface area contributed by atoms with E-state index in [0.29, 0.717) is 12.5 Å². The van der Waals surface area contributed by atoms with Crippen LogP contribution in [0.2, 0.25) is 0 Å². The first kappa shape index (κ1) is 23.2. The molecule has 1 aromatic heterocycles. The summed E-state index contributed by atoms with van der Waals surface area (Å²) in [4.78, 5) is 8.93. The number of hydrogen-bond acceptors (Lipinski definition) is 4. The minimum Gasteiger partial charge on any atom is -0.491 e. The van der Waals surface area contributed by atoms with Gasteiger partial charge in [0.15, 0.2) is 5.96 Å². The van der Waals surface area contributed by atoms with Gasteiger partial charge in [0.1, 0.15) is 5.75 Å². The molecule has 0 saturated heterocycles. The van der Waals surface area contributed by atoms with E-state index >= 15 is 0 Å². The third kappa shape index (κ3) is 7.32. The molecule has 7 heteroatoms. The highest BCUT2D eigenvalue weighted by atomic mass is 127. The van der Waals surface area contributed by atoms with Gasteiger partial charge in [-0.1, -0.05) is 24.3 Å². The van der Waals surface area contributed by atoms with Crippen LogP contribution in [0.3, 0.4) is 0 Å². The Morgan fingerprint density at radius 1 is 1.14 bits per heavy atom. The molecule has 3 aromatic rings. The summed E-state index contributed by atoms with van der Waals surface area (Å²) in [5.41, 5.74) is 10.3. The number of aliphatic imine (C=N–C) groups is 1. The molecule has 0 atom stereocenters. The molecule has 154 valence electrons. The number of nitrogens with two attached hydrogens (primary N) is 1. The number of aromatic nitrogens is 1. The molecule has 0 spiro atoms. The molecule has 0 radical (unpaired) electrons. The SMILES string of the molecule is Cc1nc(-c2ccc(CCN=C(N)Nc3ccc(OC(C)C)cc3)cc2)cs1.I. The van der Waals surface area contributed by atoms with E-state index in [1.165, 1.54) is 5.56 Å².